The van der Waals surface area contributed by atoms with Gasteiger partial charge in [-0.3, -0.25) is 0 Å². The van der Waals surface area contributed by atoms with Crippen molar-refractivity contribution in [1.29, 1.82) is 0 Å². The lowest BCUT2D eigenvalue weighted by molar-refractivity contribution is 0.588. The molecule has 0 fully saturated rings. The lowest BCUT2D eigenvalue weighted by Crippen LogP contribution is -2.40. The highest BCUT2D eigenvalue weighted by molar-refractivity contribution is 6.89. The summed E-state index contributed by atoms with van der Waals surface area (Å²) in [5, 5.41) is 7.83. The zero-order valence-electron chi connectivity index (χ0n) is 38.0. The average Bonchev–Trinajstić information content (AvgIpc) is 3.88. The molecular formula is C59H55N3Si. The van der Waals surface area contributed by atoms with Crippen LogP contribution in [0.15, 0.2) is 170 Å². The molecule has 10 aromatic rings. The van der Waals surface area contributed by atoms with Crippen molar-refractivity contribution < 1.29 is 0 Å². The highest BCUT2D eigenvalue weighted by Crippen LogP contribution is 2.59. The summed E-state index contributed by atoms with van der Waals surface area (Å²) in [5.41, 5.74) is 17.5. The number of benzene rings is 8. The first-order chi connectivity index (χ1) is 30.2. The van der Waals surface area contributed by atoms with Gasteiger partial charge in [-0.1, -0.05) is 170 Å². The molecule has 0 spiro atoms. The van der Waals surface area contributed by atoms with E-state index in [9.17, 15) is 0 Å². The molecule has 0 aliphatic heterocycles. The van der Waals surface area contributed by atoms with Gasteiger partial charge in [-0.25, -0.2) is 0 Å². The summed E-state index contributed by atoms with van der Waals surface area (Å²) >= 11 is 0. The normalized spacial score (nSPS) is 13.6. The van der Waals surface area contributed by atoms with E-state index in [1.807, 2.05) is 0 Å². The molecule has 3 nitrogen and oxygen atoms in total. The topological polar surface area (TPSA) is 10.9 Å². The Morgan fingerprint density at radius 2 is 1.13 bits per heavy atom. The summed E-state index contributed by atoms with van der Waals surface area (Å²) in [7, 11) is -1.80. The largest absolute Gasteiger partial charge is 0.310 e. The van der Waals surface area contributed by atoms with Crippen LogP contribution in [0.2, 0.25) is 19.6 Å². The maximum Gasteiger partial charge on any atom is 0.0803 e. The number of aromatic nitrogens is 1. The molecule has 4 heteroatoms. The molecule has 0 radical (unpaired) electrons. The molecule has 11 rings (SSSR count). The number of hydrogen-bond acceptors (Lipinski definition) is 2. The molecular weight excluding hydrogens is 779 g/mol. The Bertz CT molecular complexity index is 3400. The number of anilines is 6. The van der Waals surface area contributed by atoms with Gasteiger partial charge in [0.2, 0.25) is 0 Å². The van der Waals surface area contributed by atoms with Gasteiger partial charge in [0.1, 0.15) is 0 Å². The molecule has 2 aromatic heterocycles. The number of aryl methyl sites for hydroxylation is 1. The molecule has 0 N–H and O–H groups in total. The minimum Gasteiger partial charge on any atom is -0.310 e. The van der Waals surface area contributed by atoms with Crippen LogP contribution in [0.4, 0.5) is 34.1 Å². The molecule has 1 aliphatic rings. The Labute approximate surface area is 373 Å². The summed E-state index contributed by atoms with van der Waals surface area (Å²) in [6, 6.07) is 63.8. The number of para-hydroxylation sites is 4. The van der Waals surface area contributed by atoms with Crippen LogP contribution >= 0.6 is 0 Å². The molecule has 0 unspecified atom stereocenters. The van der Waals surface area contributed by atoms with Crippen molar-refractivity contribution in [3.63, 3.8) is 0 Å². The zero-order chi connectivity index (χ0) is 43.6. The van der Waals surface area contributed by atoms with Crippen LogP contribution in [0.1, 0.15) is 57.0 Å². The zero-order valence-corrected chi connectivity index (χ0v) is 39.0. The maximum absolute atomic E-state index is 2.70. The SMILES string of the molecule is Cc1ccccc1N(c1ccccc1)c1ccc2ccc3c4ccc(N(c5ccccc5)c5ccccc5[Si](C)(C)C)c5c6c(n(c54)c3c2c1)C(C)(C)c1ccc(C(C)(C)C)cc1-6. The fraction of sp³-hybridized carbons (Fsp3) is 0.186. The van der Waals surface area contributed by atoms with E-state index < -0.39 is 8.07 Å². The van der Waals surface area contributed by atoms with Gasteiger partial charge in [-0.05, 0) is 99.8 Å². The molecule has 0 bridgehead atoms. The smallest absolute Gasteiger partial charge is 0.0803 e. The Hall–Kier alpha value is -6.62. The number of nitrogens with zero attached hydrogens (tertiary/aromatic N) is 3. The van der Waals surface area contributed by atoms with Crippen molar-refractivity contribution >= 4 is 85.3 Å². The van der Waals surface area contributed by atoms with Gasteiger partial charge < -0.3 is 14.2 Å². The van der Waals surface area contributed by atoms with Crippen molar-refractivity contribution in [3.05, 3.63) is 192 Å². The lowest BCUT2D eigenvalue weighted by atomic mass is 9.81. The number of rotatable bonds is 7. The molecule has 2 heterocycles. The molecule has 310 valence electrons. The maximum atomic E-state index is 2.70. The third-order valence-corrected chi connectivity index (χ3v) is 15.9. The third kappa shape index (κ3) is 5.91. The average molecular weight is 834 g/mol. The van der Waals surface area contributed by atoms with Gasteiger partial charge in [0.25, 0.3) is 0 Å². The second-order valence-corrected chi connectivity index (χ2v) is 25.4. The monoisotopic (exact) mass is 833 g/mol. The number of hydrogen-bond donors (Lipinski definition) is 0. The Kier molecular flexibility index (Phi) is 8.68. The first-order valence-electron chi connectivity index (χ1n) is 22.5. The van der Waals surface area contributed by atoms with E-state index in [-0.39, 0.29) is 10.8 Å². The molecule has 0 saturated heterocycles. The van der Waals surface area contributed by atoms with Gasteiger partial charge in [-0.15, -0.1) is 0 Å². The van der Waals surface area contributed by atoms with E-state index >= 15 is 0 Å². The molecule has 8 aromatic carbocycles. The van der Waals surface area contributed by atoms with Crippen molar-refractivity contribution in [2.24, 2.45) is 0 Å². The highest BCUT2D eigenvalue weighted by Gasteiger charge is 2.43. The second kappa shape index (κ2) is 13.9. The molecule has 63 heavy (non-hydrogen) atoms. The predicted molar refractivity (Wildman–Crippen MR) is 274 cm³/mol. The summed E-state index contributed by atoms with van der Waals surface area (Å²) in [6.45, 7) is 21.5. The van der Waals surface area contributed by atoms with E-state index in [4.69, 9.17) is 0 Å². The lowest BCUT2D eigenvalue weighted by Gasteiger charge is -2.32. The van der Waals surface area contributed by atoms with E-state index in [2.05, 4.69) is 245 Å². The van der Waals surface area contributed by atoms with Crippen LogP contribution in [-0.4, -0.2) is 12.5 Å². The molecule has 0 amide bonds. The van der Waals surface area contributed by atoms with Gasteiger partial charge >= 0.3 is 0 Å². The highest BCUT2D eigenvalue weighted by atomic mass is 28.3. The van der Waals surface area contributed by atoms with Crippen molar-refractivity contribution in [2.45, 2.75) is 72.0 Å². The Balaban J connectivity index is 1.30. The van der Waals surface area contributed by atoms with Crippen LogP contribution in [0.5, 0.6) is 0 Å². The number of fused-ring (bicyclic) bond motifs is 10. The first kappa shape index (κ1) is 39.2. The van der Waals surface area contributed by atoms with Crippen molar-refractivity contribution in [3.8, 4) is 11.1 Å². The minimum absolute atomic E-state index is 0.00135. The fourth-order valence-electron chi connectivity index (χ4n) is 10.8. The summed E-state index contributed by atoms with van der Waals surface area (Å²) in [6.07, 6.45) is 0. The standard InChI is InChI=1S/C59H55N3Si/c1-38-20-16-17-25-49(38)60(41-21-12-10-13-22-41)43-31-28-39-29-32-44-45-33-35-51(61(42-23-14-11-15-24-42)50-26-18-19-27-52(50)63(7,8)9)54-53-47-36-40(58(2,3)4)30-34-48(47)59(5,6)57(53)62(56(45)54)55(44)46(39)37-43/h10-37H,1-9H3. The van der Waals surface area contributed by atoms with E-state index in [0.717, 1.165) is 11.4 Å². The minimum atomic E-state index is -1.80. The summed E-state index contributed by atoms with van der Waals surface area (Å²) in [5.74, 6) is 0. The van der Waals surface area contributed by atoms with Crippen LogP contribution in [0.25, 0.3) is 49.1 Å². The van der Waals surface area contributed by atoms with Crippen molar-refractivity contribution in [1.82, 2.24) is 4.40 Å². The van der Waals surface area contributed by atoms with E-state index in [1.165, 1.54) is 99.4 Å². The molecule has 0 saturated carbocycles. The Morgan fingerprint density at radius 3 is 1.81 bits per heavy atom. The summed E-state index contributed by atoms with van der Waals surface area (Å²) in [4.78, 5) is 5.00. The second-order valence-electron chi connectivity index (χ2n) is 20.3. The van der Waals surface area contributed by atoms with Gasteiger partial charge in [0.15, 0.2) is 0 Å². The van der Waals surface area contributed by atoms with Crippen LogP contribution < -0.4 is 15.0 Å². The predicted octanol–water partition coefficient (Wildman–Crippen LogP) is 16.2. The third-order valence-electron chi connectivity index (χ3n) is 13.8. The molecule has 0 atom stereocenters. The van der Waals surface area contributed by atoms with Gasteiger partial charge in [0.05, 0.1) is 24.8 Å². The van der Waals surface area contributed by atoms with Gasteiger partial charge in [0, 0.05) is 66.7 Å². The van der Waals surface area contributed by atoms with Gasteiger partial charge in [-0.2, -0.15) is 0 Å². The van der Waals surface area contributed by atoms with E-state index in [1.54, 1.807) is 0 Å². The van der Waals surface area contributed by atoms with Crippen LogP contribution in [0.3, 0.4) is 0 Å². The van der Waals surface area contributed by atoms with Crippen LogP contribution in [-0.2, 0) is 10.8 Å². The molecule has 1 aliphatic carbocycles. The van der Waals surface area contributed by atoms with E-state index in [0.29, 0.717) is 0 Å². The summed E-state index contributed by atoms with van der Waals surface area (Å²) < 4.78 is 2.70. The first-order valence-corrected chi connectivity index (χ1v) is 26.0. The quantitative estimate of drug-likeness (QED) is 0.148. The van der Waals surface area contributed by atoms with Crippen molar-refractivity contribution in [2.75, 3.05) is 9.80 Å². The fourth-order valence-corrected chi connectivity index (χ4v) is 12.3. The Morgan fingerprint density at radius 1 is 0.524 bits per heavy atom. The van der Waals surface area contributed by atoms with Crippen LogP contribution in [0, 0.1) is 6.92 Å².